The van der Waals surface area contributed by atoms with Crippen LogP contribution in [-0.2, 0) is 11.7 Å². The summed E-state index contributed by atoms with van der Waals surface area (Å²) in [6.45, 7) is 1.47. The lowest BCUT2D eigenvalue weighted by Gasteiger charge is -2.50. The van der Waals surface area contributed by atoms with E-state index in [1.807, 2.05) is 6.07 Å². The SMILES string of the molecule is CN(CC1CC1)[C@]1(c2ccccc2)CC[C@@]2(CC1)CN(c1cnc(C(F)(F)F)nc1)C(=O)N2. The van der Waals surface area contributed by atoms with E-state index >= 15 is 0 Å². The number of benzene rings is 1. The number of amides is 2. The van der Waals surface area contributed by atoms with Gasteiger partial charge in [-0.1, -0.05) is 30.3 Å². The van der Waals surface area contributed by atoms with Crippen molar-refractivity contribution in [1.82, 2.24) is 20.2 Å². The van der Waals surface area contributed by atoms with E-state index in [0.717, 1.165) is 50.5 Å². The van der Waals surface area contributed by atoms with Crippen molar-refractivity contribution in [1.29, 1.82) is 0 Å². The van der Waals surface area contributed by atoms with E-state index in [2.05, 4.69) is 51.5 Å². The molecule has 5 rings (SSSR count). The minimum Gasteiger partial charge on any atom is -0.330 e. The lowest BCUT2D eigenvalue weighted by molar-refractivity contribution is -0.144. The topological polar surface area (TPSA) is 61.4 Å². The van der Waals surface area contributed by atoms with Gasteiger partial charge >= 0.3 is 12.2 Å². The number of nitrogens with one attached hydrogen (secondary N) is 1. The molecular formula is C24H28F3N5O. The Labute approximate surface area is 191 Å². The molecule has 1 aromatic heterocycles. The van der Waals surface area contributed by atoms with Gasteiger partial charge in [-0.3, -0.25) is 9.80 Å². The Kier molecular flexibility index (Phi) is 5.34. The minimum absolute atomic E-state index is 0.0787. The first-order chi connectivity index (χ1) is 15.7. The van der Waals surface area contributed by atoms with Gasteiger partial charge in [0, 0.05) is 12.1 Å². The fourth-order valence-electron chi connectivity index (χ4n) is 5.45. The number of hydrogen-bond donors (Lipinski definition) is 1. The maximum absolute atomic E-state index is 12.8. The number of nitrogens with zero attached hydrogens (tertiary/aromatic N) is 4. The van der Waals surface area contributed by atoms with Crippen LogP contribution < -0.4 is 10.2 Å². The number of alkyl halides is 3. The highest BCUT2D eigenvalue weighted by atomic mass is 19.4. The number of carbonyl (C=O) groups is 1. The van der Waals surface area contributed by atoms with Crippen LogP contribution in [0, 0.1) is 5.92 Å². The number of anilines is 1. The van der Waals surface area contributed by atoms with Crippen molar-refractivity contribution in [2.75, 3.05) is 25.0 Å². The standard InChI is InChI=1S/C24H28F3N5O/c1-31(15-17-7-8-17)23(18-5-3-2-4-6-18)11-9-22(10-12-23)16-32(21(33)30-22)19-13-28-20(29-14-19)24(25,26)27/h2-6,13-14,17H,7-12,15-16H2,1H3,(H,30,33)/t22-,23-. The molecule has 0 unspecified atom stereocenters. The van der Waals surface area contributed by atoms with E-state index < -0.39 is 17.5 Å². The molecule has 9 heteroatoms. The van der Waals surface area contributed by atoms with E-state index in [4.69, 9.17) is 0 Å². The molecule has 33 heavy (non-hydrogen) atoms. The summed E-state index contributed by atoms with van der Waals surface area (Å²) in [6, 6.07) is 10.3. The number of urea groups is 1. The van der Waals surface area contributed by atoms with Gasteiger partial charge in [0.25, 0.3) is 0 Å². The predicted octanol–water partition coefficient (Wildman–Crippen LogP) is 4.58. The summed E-state index contributed by atoms with van der Waals surface area (Å²) in [4.78, 5) is 23.6. The molecule has 1 spiro atoms. The van der Waals surface area contributed by atoms with Crippen molar-refractivity contribution in [3.8, 4) is 0 Å². The van der Waals surface area contributed by atoms with Gasteiger partial charge in [-0.25, -0.2) is 14.8 Å². The van der Waals surface area contributed by atoms with Crippen LogP contribution in [0.3, 0.4) is 0 Å². The molecule has 0 bridgehead atoms. The quantitative estimate of drug-likeness (QED) is 0.711. The third-order valence-corrected chi connectivity index (χ3v) is 7.59. The fraction of sp³-hybridized carbons (Fsp3) is 0.542. The number of aromatic nitrogens is 2. The van der Waals surface area contributed by atoms with Crippen LogP contribution in [0.15, 0.2) is 42.7 Å². The van der Waals surface area contributed by atoms with Crippen LogP contribution in [0.4, 0.5) is 23.7 Å². The molecule has 0 atom stereocenters. The Morgan fingerprint density at radius 1 is 1.09 bits per heavy atom. The molecule has 3 aliphatic rings. The van der Waals surface area contributed by atoms with Gasteiger partial charge in [-0.05, 0) is 57.1 Å². The van der Waals surface area contributed by atoms with Gasteiger partial charge in [0.2, 0.25) is 5.82 Å². The van der Waals surface area contributed by atoms with E-state index in [9.17, 15) is 18.0 Å². The van der Waals surface area contributed by atoms with Crippen molar-refractivity contribution >= 4 is 11.7 Å². The van der Waals surface area contributed by atoms with Crippen molar-refractivity contribution < 1.29 is 18.0 Å². The number of rotatable bonds is 5. The van der Waals surface area contributed by atoms with Crippen LogP contribution in [0.2, 0.25) is 0 Å². The molecule has 1 saturated heterocycles. The molecular weight excluding hydrogens is 431 g/mol. The summed E-state index contributed by atoms with van der Waals surface area (Å²) >= 11 is 0. The van der Waals surface area contributed by atoms with Gasteiger partial charge in [0.05, 0.1) is 30.2 Å². The molecule has 176 valence electrons. The Bertz CT molecular complexity index is 999. The summed E-state index contributed by atoms with van der Waals surface area (Å²) in [5, 5.41) is 3.13. The Morgan fingerprint density at radius 2 is 1.73 bits per heavy atom. The zero-order valence-electron chi connectivity index (χ0n) is 18.6. The van der Waals surface area contributed by atoms with E-state index in [1.54, 1.807) is 0 Å². The highest BCUT2D eigenvalue weighted by molar-refractivity contribution is 5.95. The molecule has 1 aliphatic heterocycles. The molecule has 2 saturated carbocycles. The average molecular weight is 460 g/mol. The number of hydrogen-bond acceptors (Lipinski definition) is 4. The predicted molar refractivity (Wildman–Crippen MR) is 118 cm³/mol. The van der Waals surface area contributed by atoms with Crippen molar-refractivity contribution in [2.45, 2.75) is 55.8 Å². The zero-order valence-corrected chi connectivity index (χ0v) is 18.6. The van der Waals surface area contributed by atoms with E-state index in [0.29, 0.717) is 6.54 Å². The molecule has 0 radical (unpaired) electrons. The molecule has 2 heterocycles. The van der Waals surface area contributed by atoms with Crippen molar-refractivity contribution in [3.63, 3.8) is 0 Å². The largest absolute Gasteiger partial charge is 0.451 e. The van der Waals surface area contributed by atoms with Crippen molar-refractivity contribution in [2.24, 2.45) is 5.92 Å². The second kappa shape index (κ2) is 7.97. The summed E-state index contributed by atoms with van der Waals surface area (Å²) in [5.41, 5.74) is 1.10. The van der Waals surface area contributed by atoms with Gasteiger partial charge < -0.3 is 5.32 Å². The van der Waals surface area contributed by atoms with Gasteiger partial charge in [0.15, 0.2) is 0 Å². The van der Waals surface area contributed by atoms with Crippen LogP contribution in [0.5, 0.6) is 0 Å². The fourth-order valence-corrected chi connectivity index (χ4v) is 5.45. The summed E-state index contributed by atoms with van der Waals surface area (Å²) in [7, 11) is 2.21. The number of carbonyl (C=O) groups excluding carboxylic acids is 1. The molecule has 2 amide bonds. The highest BCUT2D eigenvalue weighted by Crippen LogP contribution is 2.48. The Balaban J connectivity index is 1.34. The lowest BCUT2D eigenvalue weighted by Crippen LogP contribution is -2.55. The zero-order chi connectivity index (χ0) is 23.3. The van der Waals surface area contributed by atoms with Crippen LogP contribution in [0.1, 0.15) is 49.9 Å². The normalized spacial score (nSPS) is 27.9. The second-order valence-electron chi connectivity index (χ2n) is 9.78. The molecule has 2 aromatic rings. The average Bonchev–Trinajstić information content (AvgIpc) is 3.56. The first kappa shape index (κ1) is 22.1. The van der Waals surface area contributed by atoms with Gasteiger partial charge in [-0.2, -0.15) is 13.2 Å². The summed E-state index contributed by atoms with van der Waals surface area (Å²) in [6.07, 6.45) is 3.52. The maximum Gasteiger partial charge on any atom is 0.451 e. The Hall–Kier alpha value is -2.68. The van der Waals surface area contributed by atoms with Crippen LogP contribution in [-0.4, -0.2) is 46.6 Å². The van der Waals surface area contributed by atoms with Crippen LogP contribution >= 0.6 is 0 Å². The molecule has 2 aliphatic carbocycles. The van der Waals surface area contributed by atoms with E-state index in [1.165, 1.54) is 23.3 Å². The highest BCUT2D eigenvalue weighted by Gasteiger charge is 2.51. The number of halogens is 3. The summed E-state index contributed by atoms with van der Waals surface area (Å²) < 4.78 is 38.4. The third kappa shape index (κ3) is 4.18. The maximum atomic E-state index is 12.8. The molecule has 1 N–H and O–H groups in total. The first-order valence-corrected chi connectivity index (χ1v) is 11.5. The minimum atomic E-state index is -4.61. The lowest BCUT2D eigenvalue weighted by atomic mass is 9.68. The van der Waals surface area contributed by atoms with Gasteiger partial charge in [0.1, 0.15) is 0 Å². The van der Waals surface area contributed by atoms with Gasteiger partial charge in [-0.15, -0.1) is 0 Å². The molecule has 6 nitrogen and oxygen atoms in total. The molecule has 3 fully saturated rings. The third-order valence-electron chi connectivity index (χ3n) is 7.59. The Morgan fingerprint density at radius 3 is 2.30 bits per heavy atom. The second-order valence-corrected chi connectivity index (χ2v) is 9.78. The van der Waals surface area contributed by atoms with Crippen molar-refractivity contribution in [3.05, 3.63) is 54.1 Å². The van der Waals surface area contributed by atoms with Crippen LogP contribution in [0.25, 0.3) is 0 Å². The monoisotopic (exact) mass is 459 g/mol. The first-order valence-electron chi connectivity index (χ1n) is 11.5. The van der Waals surface area contributed by atoms with E-state index in [-0.39, 0.29) is 17.3 Å². The smallest absolute Gasteiger partial charge is 0.330 e. The summed E-state index contributed by atoms with van der Waals surface area (Å²) in [5.74, 6) is -0.433. The molecule has 1 aromatic carbocycles.